The van der Waals surface area contributed by atoms with Gasteiger partial charge in [0.2, 0.25) is 0 Å². The van der Waals surface area contributed by atoms with E-state index in [-0.39, 0.29) is 42.7 Å². The predicted molar refractivity (Wildman–Crippen MR) is 121 cm³/mol. The molecule has 2 aromatic heterocycles. The second kappa shape index (κ2) is 9.31. The van der Waals surface area contributed by atoms with Crippen molar-refractivity contribution in [2.24, 2.45) is 5.92 Å². The Bertz CT molecular complexity index is 1280. The first-order valence-electron chi connectivity index (χ1n) is 10.1. The van der Waals surface area contributed by atoms with Gasteiger partial charge in [-0.05, 0) is 31.0 Å². The molecule has 0 aliphatic heterocycles. The first kappa shape index (κ1) is 23.1. The minimum Gasteiger partial charge on any atom is -0.383 e. The zero-order valence-electron chi connectivity index (χ0n) is 18.4. The van der Waals surface area contributed by atoms with E-state index in [4.69, 9.17) is 10.5 Å². The summed E-state index contributed by atoms with van der Waals surface area (Å²) in [5.74, 6) is -1.00. The van der Waals surface area contributed by atoms with Gasteiger partial charge in [0.25, 0.3) is 11.5 Å². The highest BCUT2D eigenvalue weighted by atomic mass is 19.1. The number of pyridine rings is 1. The summed E-state index contributed by atoms with van der Waals surface area (Å²) in [7, 11) is 1.47. The third kappa shape index (κ3) is 4.54. The molecule has 0 atom stereocenters. The number of anilines is 2. The molecule has 1 amide bonds. The van der Waals surface area contributed by atoms with Gasteiger partial charge < -0.3 is 10.5 Å². The Morgan fingerprint density at radius 2 is 2.03 bits per heavy atom. The number of nitrogen functional groups attached to an aromatic ring is 1. The van der Waals surface area contributed by atoms with Crippen LogP contribution in [0.25, 0.3) is 10.9 Å². The van der Waals surface area contributed by atoms with E-state index >= 15 is 0 Å². The van der Waals surface area contributed by atoms with Gasteiger partial charge in [0.05, 0.1) is 23.4 Å². The van der Waals surface area contributed by atoms with E-state index in [0.717, 1.165) is 0 Å². The van der Waals surface area contributed by atoms with Crippen LogP contribution in [0.2, 0.25) is 0 Å². The molecule has 3 N–H and O–H groups in total. The molecule has 10 heteroatoms. The molecule has 0 unspecified atom stereocenters. The van der Waals surface area contributed by atoms with Crippen LogP contribution < -0.4 is 21.9 Å². The Kier molecular flexibility index (Phi) is 6.73. The monoisotopic (exact) mass is 443 g/mol. The summed E-state index contributed by atoms with van der Waals surface area (Å²) >= 11 is 0. The number of hydrogen-bond donors (Lipinski definition) is 2. The molecule has 0 saturated heterocycles. The maximum Gasteiger partial charge on any atom is 0.330 e. The molecule has 2 heterocycles. The number of amides is 1. The summed E-state index contributed by atoms with van der Waals surface area (Å²) in [6.07, 6.45) is 0. The van der Waals surface area contributed by atoms with Gasteiger partial charge in [-0.25, -0.2) is 9.18 Å². The predicted octanol–water partition coefficient (Wildman–Crippen LogP) is 2.06. The third-order valence-electron chi connectivity index (χ3n) is 5.00. The lowest BCUT2D eigenvalue weighted by Gasteiger charge is -2.25. The van der Waals surface area contributed by atoms with Crippen molar-refractivity contribution >= 4 is 28.3 Å². The van der Waals surface area contributed by atoms with Crippen molar-refractivity contribution in [1.29, 1.82) is 0 Å². The Hall–Kier alpha value is -3.53. The topological polar surface area (TPSA) is 123 Å². The second-order valence-corrected chi connectivity index (χ2v) is 7.91. The van der Waals surface area contributed by atoms with Crippen molar-refractivity contribution in [2.45, 2.75) is 27.3 Å². The number of carbonyl (C=O) groups is 1. The molecular formula is C22H26FN5O4. The number of aromatic amines is 1. The molecular weight excluding hydrogens is 417 g/mol. The van der Waals surface area contributed by atoms with Crippen molar-refractivity contribution < 1.29 is 13.9 Å². The Balaban J connectivity index is 2.18. The first-order valence-corrected chi connectivity index (χ1v) is 10.1. The van der Waals surface area contributed by atoms with Crippen LogP contribution in [0.1, 0.15) is 29.9 Å². The maximum absolute atomic E-state index is 13.6. The lowest BCUT2D eigenvalue weighted by Crippen LogP contribution is -2.43. The molecule has 0 aliphatic carbocycles. The van der Waals surface area contributed by atoms with Gasteiger partial charge in [-0.2, -0.15) is 0 Å². The number of nitrogens with zero attached hydrogens (tertiary/aromatic N) is 3. The number of benzene rings is 1. The molecule has 0 aliphatic rings. The molecule has 9 nitrogen and oxygen atoms in total. The SMILES string of the molecule is COCCN(C(=O)c1cc2ccc(F)cc2nc1C)c1c(N)n(CC(C)C)c(=O)[nH]c1=O. The maximum atomic E-state index is 13.6. The van der Waals surface area contributed by atoms with Gasteiger partial charge in [-0.3, -0.25) is 29.0 Å². The fourth-order valence-corrected chi connectivity index (χ4v) is 3.48. The van der Waals surface area contributed by atoms with E-state index in [1.165, 1.54) is 34.8 Å². The molecule has 170 valence electrons. The van der Waals surface area contributed by atoms with Crippen LogP contribution in [0, 0.1) is 18.7 Å². The Morgan fingerprint density at radius 3 is 2.69 bits per heavy atom. The van der Waals surface area contributed by atoms with Crippen molar-refractivity contribution in [2.75, 3.05) is 30.9 Å². The van der Waals surface area contributed by atoms with E-state index in [2.05, 4.69) is 9.97 Å². The molecule has 0 fully saturated rings. The van der Waals surface area contributed by atoms with Crippen LogP contribution >= 0.6 is 0 Å². The van der Waals surface area contributed by atoms with Gasteiger partial charge >= 0.3 is 5.69 Å². The first-order chi connectivity index (χ1) is 15.1. The number of nitrogens with two attached hydrogens (primary N) is 1. The average molecular weight is 443 g/mol. The second-order valence-electron chi connectivity index (χ2n) is 7.91. The number of aryl methyl sites for hydroxylation is 1. The highest BCUT2D eigenvalue weighted by Crippen LogP contribution is 2.23. The van der Waals surface area contributed by atoms with Crippen molar-refractivity contribution in [1.82, 2.24) is 14.5 Å². The molecule has 32 heavy (non-hydrogen) atoms. The summed E-state index contributed by atoms with van der Waals surface area (Å²) in [4.78, 5) is 46.4. The molecule has 0 radical (unpaired) electrons. The minimum absolute atomic E-state index is 0.0173. The zero-order chi connectivity index (χ0) is 23.6. The number of H-pyrrole nitrogens is 1. The summed E-state index contributed by atoms with van der Waals surface area (Å²) < 4.78 is 19.9. The summed E-state index contributed by atoms with van der Waals surface area (Å²) in [6.45, 7) is 5.83. The fraction of sp³-hybridized carbons (Fsp3) is 0.364. The number of rotatable bonds is 7. The molecule has 0 bridgehead atoms. The summed E-state index contributed by atoms with van der Waals surface area (Å²) in [6, 6.07) is 5.68. The van der Waals surface area contributed by atoms with Crippen LogP contribution in [0.5, 0.6) is 0 Å². The van der Waals surface area contributed by atoms with E-state index in [0.29, 0.717) is 16.6 Å². The molecule has 0 saturated carbocycles. The van der Waals surface area contributed by atoms with Crippen molar-refractivity contribution in [3.8, 4) is 0 Å². The van der Waals surface area contributed by atoms with Crippen LogP contribution in [0.15, 0.2) is 33.9 Å². The number of ether oxygens (including phenoxy) is 1. The molecule has 0 spiro atoms. The summed E-state index contributed by atoms with van der Waals surface area (Å²) in [5.41, 5.74) is 5.66. The largest absolute Gasteiger partial charge is 0.383 e. The Labute approximate surface area is 183 Å². The van der Waals surface area contributed by atoms with Gasteiger partial charge in [-0.1, -0.05) is 13.8 Å². The molecule has 3 rings (SSSR count). The number of nitrogens with one attached hydrogen (secondary N) is 1. The summed E-state index contributed by atoms with van der Waals surface area (Å²) in [5, 5.41) is 0.568. The van der Waals surface area contributed by atoms with Crippen molar-refractivity contribution in [3.63, 3.8) is 0 Å². The van der Waals surface area contributed by atoms with Gasteiger partial charge in [0.1, 0.15) is 11.6 Å². The van der Waals surface area contributed by atoms with E-state index < -0.39 is 23.0 Å². The standard InChI is InChI=1S/C22H26FN5O4/c1-12(2)11-28-19(24)18(20(29)26-22(28)31)27(7-8-32-4)21(30)16-9-14-5-6-15(23)10-17(14)25-13(16)3/h5-6,9-10,12H,7-8,11,24H2,1-4H3,(H,26,29,31). The van der Waals surface area contributed by atoms with Gasteiger partial charge in [0, 0.05) is 31.7 Å². The minimum atomic E-state index is -0.773. The molecule has 1 aromatic carbocycles. The lowest BCUT2D eigenvalue weighted by atomic mass is 10.1. The van der Waals surface area contributed by atoms with Crippen LogP contribution in [0.3, 0.4) is 0 Å². The highest BCUT2D eigenvalue weighted by Gasteiger charge is 2.27. The normalized spacial score (nSPS) is 11.3. The van der Waals surface area contributed by atoms with Gasteiger partial charge in [-0.15, -0.1) is 0 Å². The number of halogens is 1. The molecule has 3 aromatic rings. The van der Waals surface area contributed by atoms with E-state index in [1.54, 1.807) is 13.0 Å². The van der Waals surface area contributed by atoms with E-state index in [1.807, 2.05) is 13.8 Å². The number of carbonyl (C=O) groups excluding carboxylic acids is 1. The van der Waals surface area contributed by atoms with Crippen LogP contribution in [-0.2, 0) is 11.3 Å². The Morgan fingerprint density at radius 1 is 1.31 bits per heavy atom. The zero-order valence-corrected chi connectivity index (χ0v) is 18.4. The quantitative estimate of drug-likeness (QED) is 0.576. The lowest BCUT2D eigenvalue weighted by molar-refractivity contribution is 0.0974. The third-order valence-corrected chi connectivity index (χ3v) is 5.00. The van der Waals surface area contributed by atoms with E-state index in [9.17, 15) is 18.8 Å². The number of hydrogen-bond acceptors (Lipinski definition) is 6. The fourth-order valence-electron chi connectivity index (χ4n) is 3.48. The van der Waals surface area contributed by atoms with Crippen LogP contribution in [0.4, 0.5) is 15.9 Å². The number of fused-ring (bicyclic) bond motifs is 1. The number of methoxy groups -OCH3 is 1. The smallest absolute Gasteiger partial charge is 0.330 e. The van der Waals surface area contributed by atoms with Crippen molar-refractivity contribution in [3.05, 3.63) is 62.2 Å². The average Bonchev–Trinajstić information content (AvgIpc) is 2.72. The van der Waals surface area contributed by atoms with Gasteiger partial charge in [0.15, 0.2) is 5.69 Å². The van der Waals surface area contributed by atoms with Crippen LogP contribution in [-0.4, -0.2) is 40.7 Å². The highest BCUT2D eigenvalue weighted by molar-refractivity contribution is 6.09. The number of aromatic nitrogens is 3.